The van der Waals surface area contributed by atoms with Crippen LogP contribution >= 0.6 is 0 Å². The Morgan fingerprint density at radius 3 is 2.76 bits per heavy atom. The van der Waals surface area contributed by atoms with E-state index in [1.165, 1.54) is 24.0 Å². The van der Waals surface area contributed by atoms with E-state index in [0.29, 0.717) is 29.1 Å². The molecular formula is C24H26FN7O2. The number of benzene rings is 2. The van der Waals surface area contributed by atoms with Gasteiger partial charge in [-0.05, 0) is 37.4 Å². The molecule has 2 aromatic heterocycles. The number of hydrogen-bond donors (Lipinski definition) is 3. The molecule has 2 unspecified atom stereocenters. The van der Waals surface area contributed by atoms with E-state index in [1.807, 2.05) is 14.1 Å². The van der Waals surface area contributed by atoms with Crippen molar-refractivity contribution >= 4 is 16.5 Å². The van der Waals surface area contributed by atoms with E-state index in [2.05, 4.69) is 54.8 Å². The van der Waals surface area contributed by atoms with E-state index in [0.717, 1.165) is 12.1 Å². The summed E-state index contributed by atoms with van der Waals surface area (Å²) in [6, 6.07) is 11.0. The zero-order valence-electron chi connectivity index (χ0n) is 19.0. The number of aromatic amines is 1. The summed E-state index contributed by atoms with van der Waals surface area (Å²) in [6.45, 7) is 1.47. The quantitative estimate of drug-likeness (QED) is 0.401. The predicted octanol–water partition coefficient (Wildman–Crippen LogP) is 2.05. The van der Waals surface area contributed by atoms with E-state index in [4.69, 9.17) is 0 Å². The first-order valence-electron chi connectivity index (χ1n) is 11.1. The van der Waals surface area contributed by atoms with Crippen LogP contribution in [-0.2, 0) is 13.1 Å². The van der Waals surface area contributed by atoms with Gasteiger partial charge < -0.3 is 15.3 Å². The summed E-state index contributed by atoms with van der Waals surface area (Å²) in [6.07, 6.45) is 1.45. The van der Waals surface area contributed by atoms with Crippen LogP contribution in [0.4, 0.5) is 10.1 Å². The minimum atomic E-state index is -0.496. The Hall–Kier alpha value is -3.63. The van der Waals surface area contributed by atoms with Crippen molar-refractivity contribution in [3.8, 4) is 0 Å². The molecule has 1 aliphatic heterocycles. The van der Waals surface area contributed by atoms with Crippen molar-refractivity contribution in [1.29, 1.82) is 0 Å². The molecule has 0 fully saturated rings. The molecule has 2 atom stereocenters. The highest BCUT2D eigenvalue weighted by Gasteiger charge is 2.36. The van der Waals surface area contributed by atoms with Crippen LogP contribution in [0.15, 0.2) is 47.5 Å². The van der Waals surface area contributed by atoms with Crippen LogP contribution in [0.3, 0.4) is 0 Å². The Morgan fingerprint density at radius 2 is 2.03 bits per heavy atom. The van der Waals surface area contributed by atoms with E-state index in [-0.39, 0.29) is 24.5 Å². The van der Waals surface area contributed by atoms with E-state index >= 15 is 0 Å². The first-order chi connectivity index (χ1) is 16.5. The molecule has 4 aromatic rings. The molecule has 0 saturated carbocycles. The average Bonchev–Trinajstić information content (AvgIpc) is 3.19. The highest BCUT2D eigenvalue weighted by Crippen LogP contribution is 2.43. The standard InChI is InChI=1S/C24H26FN7O2/c1-31(2)12-14-3-5-15(6-4-14)18-11-26-19-10-16(25)9-17-20(19)22(29-30-24(17)34)21(18)23-27-13-28-32(23)7-8-33/h3-6,9-10,13,18,21,26,33H,7-8,11-12H2,1-2H3,(H,30,34). The fraction of sp³-hybridized carbons (Fsp3) is 0.333. The number of aliphatic hydroxyl groups excluding tert-OH is 1. The molecule has 2 aromatic carbocycles. The van der Waals surface area contributed by atoms with Gasteiger partial charge in [0.25, 0.3) is 5.56 Å². The highest BCUT2D eigenvalue weighted by atomic mass is 19.1. The van der Waals surface area contributed by atoms with Gasteiger partial charge in [-0.25, -0.2) is 19.2 Å². The van der Waals surface area contributed by atoms with Gasteiger partial charge in [0.05, 0.1) is 30.1 Å². The van der Waals surface area contributed by atoms with E-state index in [9.17, 15) is 14.3 Å². The Morgan fingerprint density at radius 1 is 1.24 bits per heavy atom. The first kappa shape index (κ1) is 22.2. The minimum absolute atomic E-state index is 0.0957. The van der Waals surface area contributed by atoms with E-state index in [1.54, 1.807) is 4.68 Å². The summed E-state index contributed by atoms with van der Waals surface area (Å²) in [5.74, 6) is -0.417. The number of rotatable bonds is 6. The summed E-state index contributed by atoms with van der Waals surface area (Å²) in [4.78, 5) is 19.2. The molecule has 10 heteroatoms. The lowest BCUT2D eigenvalue weighted by Gasteiger charge is -2.26. The van der Waals surface area contributed by atoms with E-state index < -0.39 is 17.3 Å². The maximum absolute atomic E-state index is 14.4. The molecule has 0 spiro atoms. The molecule has 1 aliphatic rings. The largest absolute Gasteiger partial charge is 0.394 e. The fourth-order valence-electron chi connectivity index (χ4n) is 4.81. The molecule has 176 valence electrons. The third-order valence-corrected chi connectivity index (χ3v) is 6.23. The Bertz CT molecular complexity index is 1380. The van der Waals surface area contributed by atoms with Gasteiger partial charge in [-0.2, -0.15) is 10.2 Å². The van der Waals surface area contributed by atoms with Crippen LogP contribution in [0, 0.1) is 5.82 Å². The second-order valence-electron chi connectivity index (χ2n) is 8.82. The monoisotopic (exact) mass is 463 g/mol. The van der Waals surface area contributed by atoms with Crippen LogP contribution in [0.25, 0.3) is 10.8 Å². The maximum atomic E-state index is 14.4. The molecule has 3 heterocycles. The third kappa shape index (κ3) is 3.95. The highest BCUT2D eigenvalue weighted by molar-refractivity contribution is 5.96. The van der Waals surface area contributed by atoms with Gasteiger partial charge in [-0.15, -0.1) is 0 Å². The number of H-pyrrole nitrogens is 1. The zero-order valence-corrected chi connectivity index (χ0v) is 19.0. The number of halogens is 1. The van der Waals surface area contributed by atoms with Crippen molar-refractivity contribution < 1.29 is 9.50 Å². The molecule has 0 saturated heterocycles. The summed E-state index contributed by atoms with van der Waals surface area (Å²) >= 11 is 0. The van der Waals surface area contributed by atoms with Crippen molar-refractivity contribution in [2.24, 2.45) is 0 Å². The van der Waals surface area contributed by atoms with Crippen LogP contribution in [0.1, 0.15) is 34.5 Å². The van der Waals surface area contributed by atoms with Crippen molar-refractivity contribution in [2.75, 3.05) is 32.6 Å². The molecule has 9 nitrogen and oxygen atoms in total. The van der Waals surface area contributed by atoms with Crippen LogP contribution < -0.4 is 10.9 Å². The van der Waals surface area contributed by atoms with Gasteiger partial charge >= 0.3 is 0 Å². The molecule has 3 N–H and O–H groups in total. The van der Waals surface area contributed by atoms with Crippen molar-refractivity contribution in [1.82, 2.24) is 29.9 Å². The normalized spacial score (nSPS) is 17.7. The summed E-state index contributed by atoms with van der Waals surface area (Å²) in [5.41, 5.74) is 2.89. The van der Waals surface area contributed by atoms with Gasteiger partial charge in [-0.3, -0.25) is 4.79 Å². The molecular weight excluding hydrogens is 437 g/mol. The lowest BCUT2D eigenvalue weighted by molar-refractivity contribution is 0.265. The lowest BCUT2D eigenvalue weighted by Crippen LogP contribution is -2.24. The van der Waals surface area contributed by atoms with Crippen molar-refractivity contribution in [3.05, 3.63) is 81.5 Å². The van der Waals surface area contributed by atoms with Gasteiger partial charge in [0.2, 0.25) is 0 Å². The minimum Gasteiger partial charge on any atom is -0.394 e. The topological polar surface area (TPSA) is 112 Å². The van der Waals surface area contributed by atoms with Crippen LogP contribution in [0.5, 0.6) is 0 Å². The summed E-state index contributed by atoms with van der Waals surface area (Å²) < 4.78 is 16.0. The third-order valence-electron chi connectivity index (χ3n) is 6.23. The van der Waals surface area contributed by atoms with Crippen LogP contribution in [0.2, 0.25) is 0 Å². The van der Waals surface area contributed by atoms with Crippen molar-refractivity contribution in [3.63, 3.8) is 0 Å². The fourth-order valence-corrected chi connectivity index (χ4v) is 4.81. The lowest BCUT2D eigenvalue weighted by atomic mass is 9.82. The molecule has 0 aliphatic carbocycles. The predicted molar refractivity (Wildman–Crippen MR) is 126 cm³/mol. The number of hydrogen-bond acceptors (Lipinski definition) is 7. The number of aliphatic hydroxyl groups is 1. The van der Waals surface area contributed by atoms with Gasteiger partial charge in [-0.1, -0.05) is 24.3 Å². The Balaban J connectivity index is 1.71. The smallest absolute Gasteiger partial charge is 0.272 e. The number of nitrogens with one attached hydrogen (secondary N) is 2. The average molecular weight is 464 g/mol. The van der Waals surface area contributed by atoms with Gasteiger partial charge in [0, 0.05) is 30.1 Å². The molecule has 0 radical (unpaired) electrons. The second-order valence-corrected chi connectivity index (χ2v) is 8.82. The first-order valence-corrected chi connectivity index (χ1v) is 11.1. The zero-order chi connectivity index (χ0) is 23.8. The van der Waals surface area contributed by atoms with Crippen molar-refractivity contribution in [2.45, 2.75) is 24.9 Å². The molecule has 5 rings (SSSR count). The SMILES string of the molecule is CN(C)Cc1ccc(C2CNc3cc(F)cc4c(=O)[nH]nc(c34)C2c2ncnn2CCO)cc1. The Kier molecular flexibility index (Phi) is 5.84. The number of aromatic nitrogens is 5. The van der Waals surface area contributed by atoms with Gasteiger partial charge in [0.1, 0.15) is 18.0 Å². The van der Waals surface area contributed by atoms with Gasteiger partial charge in [0.15, 0.2) is 0 Å². The number of nitrogens with zero attached hydrogens (tertiary/aromatic N) is 5. The Labute approximate surface area is 195 Å². The molecule has 34 heavy (non-hydrogen) atoms. The number of anilines is 1. The maximum Gasteiger partial charge on any atom is 0.272 e. The summed E-state index contributed by atoms with van der Waals surface area (Å²) in [7, 11) is 4.05. The molecule has 0 bridgehead atoms. The van der Waals surface area contributed by atoms with Crippen LogP contribution in [-0.4, -0.2) is 62.2 Å². The second kappa shape index (κ2) is 8.96. The summed E-state index contributed by atoms with van der Waals surface area (Å²) in [5, 5.41) is 25.0. The molecule has 0 amide bonds.